The van der Waals surface area contributed by atoms with E-state index in [1.165, 1.54) is 0 Å². The Kier molecular flexibility index (Phi) is 6.91. The number of fused-ring (bicyclic) bond motifs is 1. The summed E-state index contributed by atoms with van der Waals surface area (Å²) in [6.07, 6.45) is 4.39. The topological polar surface area (TPSA) is 61.8 Å². The van der Waals surface area contributed by atoms with Gasteiger partial charge in [0.1, 0.15) is 19.0 Å². The van der Waals surface area contributed by atoms with Gasteiger partial charge in [0.2, 0.25) is 0 Å². The van der Waals surface area contributed by atoms with Gasteiger partial charge >= 0.3 is 5.97 Å². The molecular formula is C18H24O5. The predicted molar refractivity (Wildman–Crippen MR) is 85.7 cm³/mol. The van der Waals surface area contributed by atoms with Crippen LogP contribution in [0.25, 0.3) is 0 Å². The maximum atomic E-state index is 11.7. The quantitative estimate of drug-likeness (QED) is 0.516. The summed E-state index contributed by atoms with van der Waals surface area (Å²) < 4.78 is 16.5. The summed E-state index contributed by atoms with van der Waals surface area (Å²) in [5, 5.41) is 0. The second-order valence-corrected chi connectivity index (χ2v) is 5.80. The van der Waals surface area contributed by atoms with Crippen LogP contribution in [0, 0.1) is 0 Å². The van der Waals surface area contributed by atoms with Crippen molar-refractivity contribution in [1.82, 2.24) is 0 Å². The van der Waals surface area contributed by atoms with Crippen LogP contribution in [0.15, 0.2) is 24.3 Å². The number of carbonyl (C=O) groups is 2. The van der Waals surface area contributed by atoms with Crippen molar-refractivity contribution in [1.29, 1.82) is 0 Å². The molecular weight excluding hydrogens is 296 g/mol. The molecule has 23 heavy (non-hydrogen) atoms. The molecule has 1 aromatic rings. The fraction of sp³-hybridized carbons (Fsp3) is 0.556. The smallest absolute Gasteiger partial charge is 0.305 e. The monoisotopic (exact) mass is 320 g/mol. The van der Waals surface area contributed by atoms with Crippen molar-refractivity contribution in [2.75, 3.05) is 13.2 Å². The van der Waals surface area contributed by atoms with Gasteiger partial charge in [-0.3, -0.25) is 4.79 Å². The van der Waals surface area contributed by atoms with Crippen LogP contribution in [0.4, 0.5) is 0 Å². The lowest BCUT2D eigenvalue weighted by atomic mass is 10.1. The van der Waals surface area contributed by atoms with E-state index < -0.39 is 0 Å². The Balaban J connectivity index is 1.56. The van der Waals surface area contributed by atoms with Crippen LogP contribution >= 0.6 is 0 Å². The van der Waals surface area contributed by atoms with Crippen LogP contribution in [-0.4, -0.2) is 31.1 Å². The highest BCUT2D eigenvalue weighted by Crippen LogP contribution is 2.30. The van der Waals surface area contributed by atoms with Crippen LogP contribution in [-0.2, 0) is 14.3 Å². The molecule has 5 heteroatoms. The molecule has 0 saturated carbocycles. The zero-order valence-corrected chi connectivity index (χ0v) is 13.6. The number of carbonyl (C=O) groups excluding carboxylic acids is 2. The third kappa shape index (κ3) is 6.30. The lowest BCUT2D eigenvalue weighted by molar-refractivity contribution is -0.147. The lowest BCUT2D eigenvalue weighted by Crippen LogP contribution is -2.34. The van der Waals surface area contributed by atoms with Crippen molar-refractivity contribution in [2.45, 2.75) is 51.6 Å². The number of Topliss-reactive ketones (excluding diaryl/α,β-unsaturated/α-hetero) is 1. The van der Waals surface area contributed by atoms with Gasteiger partial charge in [0.25, 0.3) is 0 Å². The van der Waals surface area contributed by atoms with Crippen LogP contribution in [0.2, 0.25) is 0 Å². The molecule has 0 N–H and O–H groups in total. The summed E-state index contributed by atoms with van der Waals surface area (Å²) in [6, 6.07) is 7.45. The molecule has 1 aromatic carbocycles. The Labute approximate surface area is 136 Å². The molecule has 0 aromatic heterocycles. The third-order valence-electron chi connectivity index (χ3n) is 3.66. The van der Waals surface area contributed by atoms with Gasteiger partial charge in [-0.15, -0.1) is 0 Å². The molecule has 0 spiro atoms. The molecule has 126 valence electrons. The van der Waals surface area contributed by atoms with Crippen molar-refractivity contribution in [3.05, 3.63) is 24.3 Å². The normalized spacial score (nSPS) is 16.0. The minimum atomic E-state index is -0.260. The van der Waals surface area contributed by atoms with Gasteiger partial charge in [-0.05, 0) is 31.9 Å². The van der Waals surface area contributed by atoms with Crippen molar-refractivity contribution >= 4 is 11.8 Å². The molecule has 1 unspecified atom stereocenters. The fourth-order valence-electron chi connectivity index (χ4n) is 2.40. The number of esters is 1. The first kappa shape index (κ1) is 17.3. The van der Waals surface area contributed by atoms with E-state index in [1.807, 2.05) is 24.3 Å². The SMILES string of the molecule is CC(=O)CCCCCCC(=O)OCC1COc2ccccc2O1. The predicted octanol–water partition coefficient (Wildman–Crippen LogP) is 3.30. The summed E-state index contributed by atoms with van der Waals surface area (Å²) in [6.45, 7) is 2.19. The largest absolute Gasteiger partial charge is 0.486 e. The molecule has 0 aliphatic carbocycles. The maximum Gasteiger partial charge on any atom is 0.305 e. The van der Waals surface area contributed by atoms with Crippen molar-refractivity contribution in [3.8, 4) is 11.5 Å². The second-order valence-electron chi connectivity index (χ2n) is 5.80. The van der Waals surface area contributed by atoms with E-state index in [4.69, 9.17) is 14.2 Å². The van der Waals surface area contributed by atoms with Gasteiger partial charge in [0, 0.05) is 12.8 Å². The highest BCUT2D eigenvalue weighted by molar-refractivity contribution is 5.75. The van der Waals surface area contributed by atoms with E-state index in [0.29, 0.717) is 25.2 Å². The average Bonchev–Trinajstić information content (AvgIpc) is 2.55. The Hall–Kier alpha value is -2.04. The number of para-hydroxylation sites is 2. The van der Waals surface area contributed by atoms with Gasteiger partial charge in [-0.25, -0.2) is 0 Å². The molecule has 1 atom stereocenters. The number of ether oxygens (including phenoxy) is 3. The number of benzene rings is 1. The van der Waals surface area contributed by atoms with E-state index in [1.54, 1.807) is 6.92 Å². The molecule has 0 fully saturated rings. The number of hydrogen-bond acceptors (Lipinski definition) is 5. The van der Waals surface area contributed by atoms with Gasteiger partial charge < -0.3 is 19.0 Å². The zero-order chi connectivity index (χ0) is 16.5. The number of unbranched alkanes of at least 4 members (excludes halogenated alkanes) is 3. The van der Waals surface area contributed by atoms with Crippen molar-refractivity contribution in [2.24, 2.45) is 0 Å². The van der Waals surface area contributed by atoms with E-state index in [2.05, 4.69) is 0 Å². The molecule has 0 bridgehead atoms. The first-order valence-electron chi connectivity index (χ1n) is 8.18. The van der Waals surface area contributed by atoms with Gasteiger partial charge in [-0.2, -0.15) is 0 Å². The first-order valence-corrected chi connectivity index (χ1v) is 8.18. The average molecular weight is 320 g/mol. The van der Waals surface area contributed by atoms with Crippen LogP contribution in [0.3, 0.4) is 0 Å². The lowest BCUT2D eigenvalue weighted by Gasteiger charge is -2.26. The fourth-order valence-corrected chi connectivity index (χ4v) is 2.40. The minimum Gasteiger partial charge on any atom is -0.486 e. The molecule has 0 radical (unpaired) electrons. The van der Waals surface area contributed by atoms with E-state index in [-0.39, 0.29) is 24.5 Å². The van der Waals surface area contributed by atoms with Gasteiger partial charge in [-0.1, -0.05) is 25.0 Å². The van der Waals surface area contributed by atoms with Crippen LogP contribution in [0.1, 0.15) is 45.4 Å². The van der Waals surface area contributed by atoms with Crippen LogP contribution < -0.4 is 9.47 Å². The molecule has 1 aliphatic heterocycles. The van der Waals surface area contributed by atoms with Gasteiger partial charge in [0.05, 0.1) is 0 Å². The third-order valence-corrected chi connectivity index (χ3v) is 3.66. The first-order chi connectivity index (χ1) is 11.1. The standard InChI is InChI=1S/C18H24O5/c1-14(19)8-4-2-3-5-11-18(20)22-13-15-12-21-16-9-6-7-10-17(16)23-15/h6-7,9-10,15H,2-5,8,11-13H2,1H3. The summed E-state index contributed by atoms with van der Waals surface area (Å²) in [5.74, 6) is 1.42. The van der Waals surface area contributed by atoms with E-state index >= 15 is 0 Å². The molecule has 0 amide bonds. The second kappa shape index (κ2) is 9.18. The van der Waals surface area contributed by atoms with E-state index in [9.17, 15) is 9.59 Å². The highest BCUT2D eigenvalue weighted by Gasteiger charge is 2.21. The Morgan fingerprint density at radius 1 is 1.09 bits per heavy atom. The van der Waals surface area contributed by atoms with E-state index in [0.717, 1.165) is 31.4 Å². The molecule has 5 nitrogen and oxygen atoms in total. The summed E-state index contributed by atoms with van der Waals surface area (Å²) in [5.41, 5.74) is 0. The molecule has 1 heterocycles. The number of hydrogen-bond donors (Lipinski definition) is 0. The van der Waals surface area contributed by atoms with Gasteiger partial charge in [0.15, 0.2) is 17.6 Å². The molecule has 0 saturated heterocycles. The minimum absolute atomic E-state index is 0.206. The Bertz CT molecular complexity index is 526. The highest BCUT2D eigenvalue weighted by atomic mass is 16.6. The number of ketones is 1. The summed E-state index contributed by atoms with van der Waals surface area (Å²) in [7, 11) is 0. The summed E-state index contributed by atoms with van der Waals surface area (Å²) >= 11 is 0. The zero-order valence-electron chi connectivity index (χ0n) is 13.6. The van der Waals surface area contributed by atoms with Crippen molar-refractivity contribution < 1.29 is 23.8 Å². The van der Waals surface area contributed by atoms with Crippen molar-refractivity contribution in [3.63, 3.8) is 0 Å². The maximum absolute atomic E-state index is 11.7. The number of rotatable bonds is 9. The van der Waals surface area contributed by atoms with Crippen LogP contribution in [0.5, 0.6) is 11.5 Å². The molecule has 2 rings (SSSR count). The summed E-state index contributed by atoms with van der Waals surface area (Å²) in [4.78, 5) is 22.5. The Morgan fingerprint density at radius 3 is 2.52 bits per heavy atom. The molecule has 1 aliphatic rings. The Morgan fingerprint density at radius 2 is 1.78 bits per heavy atom.